The molecule has 0 bridgehead atoms. The smallest absolute Gasteiger partial charge is 0.261 e. The fourth-order valence-electron chi connectivity index (χ4n) is 4.38. The van der Waals surface area contributed by atoms with Crippen LogP contribution in [-0.4, -0.2) is 43.4 Å². The molecule has 1 aliphatic rings. The van der Waals surface area contributed by atoms with Gasteiger partial charge in [-0.3, -0.25) is 9.40 Å². The van der Waals surface area contributed by atoms with E-state index in [1.54, 1.807) is 30.5 Å². The molecule has 0 aliphatic carbocycles. The maximum Gasteiger partial charge on any atom is 0.261 e. The Morgan fingerprint density at radius 3 is 2.54 bits per heavy atom. The predicted octanol–water partition coefficient (Wildman–Crippen LogP) is 4.87. The molecular formula is C24H23ClFN5O3S. The highest BCUT2D eigenvalue weighted by Gasteiger charge is 2.26. The fraction of sp³-hybridized carbons (Fsp3) is 0.250. The first-order valence-electron chi connectivity index (χ1n) is 11.0. The van der Waals surface area contributed by atoms with Gasteiger partial charge in [0.15, 0.2) is 11.6 Å². The van der Waals surface area contributed by atoms with Gasteiger partial charge in [0.2, 0.25) is 0 Å². The number of rotatable bonds is 6. The number of benzene rings is 2. The van der Waals surface area contributed by atoms with Crippen LogP contribution >= 0.6 is 11.6 Å². The monoisotopic (exact) mass is 515 g/mol. The minimum absolute atomic E-state index is 0.0192. The van der Waals surface area contributed by atoms with E-state index in [1.807, 2.05) is 15.6 Å². The molecule has 1 N–H and O–H groups in total. The topological polar surface area (TPSA) is 89.3 Å². The molecule has 3 heterocycles. The summed E-state index contributed by atoms with van der Waals surface area (Å²) in [7, 11) is -2.30. The quantitative estimate of drug-likeness (QED) is 0.394. The van der Waals surface area contributed by atoms with Crippen LogP contribution in [0.5, 0.6) is 5.75 Å². The first kappa shape index (κ1) is 23.4. The number of aromatic nitrogens is 3. The first-order valence-corrected chi connectivity index (χ1v) is 12.9. The number of hydrogen-bond donors (Lipinski definition) is 1. The van der Waals surface area contributed by atoms with Gasteiger partial charge in [-0.1, -0.05) is 23.7 Å². The Labute approximate surface area is 207 Å². The standard InChI is InChI=1S/C24H23ClFN5O3S/c1-34-19-5-7-20(8-6-19)35(32,33)29-22-4-2-3-16-14-28-31(23(16)22)18-9-11-30(12-10-18)24-21(26)13-17(25)15-27-24/h2-8,13-15,18,29H,9-12H2,1H3. The average molecular weight is 516 g/mol. The Kier molecular flexibility index (Phi) is 6.24. The lowest BCUT2D eigenvalue weighted by Gasteiger charge is -2.33. The normalized spacial score (nSPS) is 14.9. The van der Waals surface area contributed by atoms with E-state index in [1.165, 1.54) is 31.5 Å². The van der Waals surface area contributed by atoms with Crippen molar-refractivity contribution >= 4 is 44.0 Å². The van der Waals surface area contributed by atoms with Gasteiger partial charge in [0.25, 0.3) is 10.0 Å². The van der Waals surface area contributed by atoms with Gasteiger partial charge < -0.3 is 9.64 Å². The van der Waals surface area contributed by atoms with Crippen LogP contribution < -0.4 is 14.4 Å². The number of hydrogen-bond acceptors (Lipinski definition) is 6. The SMILES string of the molecule is COc1ccc(S(=O)(=O)Nc2cccc3cnn(C4CCN(c5ncc(Cl)cc5F)CC4)c23)cc1. The van der Waals surface area contributed by atoms with E-state index in [0.29, 0.717) is 42.9 Å². The molecule has 5 rings (SSSR count). The van der Waals surface area contributed by atoms with E-state index >= 15 is 0 Å². The van der Waals surface area contributed by atoms with Crippen molar-refractivity contribution in [1.82, 2.24) is 14.8 Å². The number of para-hydroxylation sites is 1. The lowest BCUT2D eigenvalue weighted by atomic mass is 10.0. The molecule has 4 aromatic rings. The Morgan fingerprint density at radius 2 is 1.86 bits per heavy atom. The molecular weight excluding hydrogens is 493 g/mol. The van der Waals surface area contributed by atoms with E-state index in [9.17, 15) is 12.8 Å². The fourth-order valence-corrected chi connectivity index (χ4v) is 5.59. The molecule has 0 radical (unpaired) electrons. The molecule has 0 unspecified atom stereocenters. The number of anilines is 2. The van der Waals surface area contributed by atoms with Crippen molar-refractivity contribution in [3.63, 3.8) is 0 Å². The molecule has 0 amide bonds. The lowest BCUT2D eigenvalue weighted by Crippen LogP contribution is -2.36. The first-order chi connectivity index (χ1) is 16.9. The number of halogens is 2. The van der Waals surface area contributed by atoms with Crippen LogP contribution in [0.1, 0.15) is 18.9 Å². The van der Waals surface area contributed by atoms with Crippen molar-refractivity contribution in [3.05, 3.63) is 71.8 Å². The molecule has 1 fully saturated rings. The van der Waals surface area contributed by atoms with Crippen LogP contribution in [0.2, 0.25) is 5.02 Å². The minimum Gasteiger partial charge on any atom is -0.497 e. The molecule has 2 aromatic carbocycles. The summed E-state index contributed by atoms with van der Waals surface area (Å²) in [5.41, 5.74) is 1.16. The molecule has 35 heavy (non-hydrogen) atoms. The summed E-state index contributed by atoms with van der Waals surface area (Å²) in [5, 5.41) is 5.66. The lowest BCUT2D eigenvalue weighted by molar-refractivity contribution is 0.373. The van der Waals surface area contributed by atoms with Gasteiger partial charge in [-0.25, -0.2) is 17.8 Å². The number of piperidine rings is 1. The second-order valence-electron chi connectivity index (χ2n) is 8.29. The number of ether oxygens (including phenoxy) is 1. The number of methoxy groups -OCH3 is 1. The summed E-state index contributed by atoms with van der Waals surface area (Å²) in [6, 6.07) is 12.9. The summed E-state index contributed by atoms with van der Waals surface area (Å²) in [6.45, 7) is 1.16. The zero-order chi connectivity index (χ0) is 24.6. The molecule has 0 saturated carbocycles. The number of nitrogens with zero attached hydrogens (tertiary/aromatic N) is 4. The van der Waals surface area contributed by atoms with Gasteiger partial charge in [0.1, 0.15) is 5.75 Å². The Morgan fingerprint density at radius 1 is 1.11 bits per heavy atom. The number of pyridine rings is 1. The van der Waals surface area contributed by atoms with Gasteiger partial charge >= 0.3 is 0 Å². The molecule has 1 saturated heterocycles. The van der Waals surface area contributed by atoms with E-state index in [-0.39, 0.29) is 21.8 Å². The third-order valence-electron chi connectivity index (χ3n) is 6.13. The summed E-state index contributed by atoms with van der Waals surface area (Å²) in [6.07, 6.45) is 4.56. The Balaban J connectivity index is 1.40. The van der Waals surface area contributed by atoms with Crippen molar-refractivity contribution < 1.29 is 17.5 Å². The Bertz CT molecular complexity index is 1470. The molecule has 8 nitrogen and oxygen atoms in total. The van der Waals surface area contributed by atoms with Gasteiger partial charge in [-0.2, -0.15) is 5.10 Å². The second-order valence-corrected chi connectivity index (χ2v) is 10.4. The van der Waals surface area contributed by atoms with Crippen LogP contribution in [0.25, 0.3) is 10.9 Å². The highest BCUT2D eigenvalue weighted by atomic mass is 35.5. The number of sulfonamides is 1. The second kappa shape index (κ2) is 9.35. The highest BCUT2D eigenvalue weighted by Crippen LogP contribution is 2.33. The van der Waals surface area contributed by atoms with Gasteiger partial charge in [0, 0.05) is 24.7 Å². The molecule has 0 atom stereocenters. The van der Waals surface area contributed by atoms with Gasteiger partial charge in [-0.05, 0) is 49.2 Å². The zero-order valence-electron chi connectivity index (χ0n) is 18.9. The van der Waals surface area contributed by atoms with E-state index in [2.05, 4.69) is 14.8 Å². The summed E-state index contributed by atoms with van der Waals surface area (Å²) >= 11 is 5.83. The van der Waals surface area contributed by atoms with Crippen LogP contribution in [-0.2, 0) is 10.0 Å². The number of fused-ring (bicyclic) bond motifs is 1. The van der Waals surface area contributed by atoms with Crippen molar-refractivity contribution in [1.29, 1.82) is 0 Å². The highest BCUT2D eigenvalue weighted by molar-refractivity contribution is 7.92. The van der Waals surface area contributed by atoms with E-state index in [0.717, 1.165) is 5.39 Å². The van der Waals surface area contributed by atoms with Gasteiger partial charge in [0.05, 0.1) is 40.5 Å². The predicted molar refractivity (Wildman–Crippen MR) is 133 cm³/mol. The molecule has 2 aromatic heterocycles. The van der Waals surface area contributed by atoms with Crippen molar-refractivity contribution in [2.45, 2.75) is 23.8 Å². The van der Waals surface area contributed by atoms with Crippen LogP contribution in [0.4, 0.5) is 15.9 Å². The van der Waals surface area contributed by atoms with Crippen LogP contribution in [0, 0.1) is 5.82 Å². The largest absolute Gasteiger partial charge is 0.497 e. The molecule has 1 aliphatic heterocycles. The summed E-state index contributed by atoms with van der Waals surface area (Å²) in [4.78, 5) is 6.17. The third-order valence-corrected chi connectivity index (χ3v) is 7.72. The van der Waals surface area contributed by atoms with Crippen molar-refractivity contribution in [2.24, 2.45) is 0 Å². The Hall–Kier alpha value is -3.37. The maximum atomic E-state index is 14.3. The summed E-state index contributed by atoms with van der Waals surface area (Å²) < 4.78 is 50.2. The van der Waals surface area contributed by atoms with E-state index < -0.39 is 15.8 Å². The molecule has 0 spiro atoms. The summed E-state index contributed by atoms with van der Waals surface area (Å²) in [5.74, 6) is 0.408. The third kappa shape index (κ3) is 4.63. The molecule has 11 heteroatoms. The number of nitrogens with one attached hydrogen (secondary N) is 1. The van der Waals surface area contributed by atoms with Gasteiger partial charge in [-0.15, -0.1) is 0 Å². The molecule has 182 valence electrons. The maximum absolute atomic E-state index is 14.3. The van der Waals surface area contributed by atoms with Crippen molar-refractivity contribution in [3.8, 4) is 5.75 Å². The van der Waals surface area contributed by atoms with Crippen LogP contribution in [0.15, 0.2) is 65.8 Å². The minimum atomic E-state index is -3.82. The van der Waals surface area contributed by atoms with E-state index in [4.69, 9.17) is 16.3 Å². The average Bonchev–Trinajstić information content (AvgIpc) is 3.29. The van der Waals surface area contributed by atoms with Crippen LogP contribution in [0.3, 0.4) is 0 Å². The zero-order valence-corrected chi connectivity index (χ0v) is 20.4. The van der Waals surface area contributed by atoms with Crippen molar-refractivity contribution in [2.75, 3.05) is 29.8 Å².